The Morgan fingerprint density at radius 1 is 1.19 bits per heavy atom. The second-order valence-electron chi connectivity index (χ2n) is 7.07. The molecule has 1 saturated heterocycles. The molecule has 1 aliphatic heterocycles. The third-order valence-corrected chi connectivity index (χ3v) is 5.27. The van der Waals surface area contributed by atoms with Crippen LogP contribution in [0.25, 0.3) is 0 Å². The maximum Gasteiger partial charge on any atom is 0.313 e. The Balaban J connectivity index is 1.69. The highest BCUT2D eigenvalue weighted by molar-refractivity contribution is 6.39. The van der Waals surface area contributed by atoms with Crippen LogP contribution in [0.1, 0.15) is 48.9 Å². The van der Waals surface area contributed by atoms with Gasteiger partial charge in [0, 0.05) is 18.8 Å². The molecule has 2 aliphatic rings. The van der Waals surface area contributed by atoms with E-state index in [1.54, 1.807) is 4.90 Å². The minimum atomic E-state index is -0.751. The summed E-state index contributed by atoms with van der Waals surface area (Å²) >= 11 is 0. The van der Waals surface area contributed by atoms with Crippen LogP contribution < -0.4 is 11.1 Å². The van der Waals surface area contributed by atoms with Crippen molar-refractivity contribution in [1.82, 2.24) is 9.88 Å². The Labute approximate surface area is 151 Å². The van der Waals surface area contributed by atoms with Crippen LogP contribution in [0, 0.1) is 5.92 Å². The van der Waals surface area contributed by atoms with E-state index >= 15 is 0 Å². The molecule has 140 valence electrons. The predicted octanol–water partition coefficient (Wildman–Crippen LogP) is 0.661. The summed E-state index contributed by atoms with van der Waals surface area (Å²) < 4.78 is 0. The van der Waals surface area contributed by atoms with Gasteiger partial charge in [0.25, 0.3) is 0 Å². The Kier molecular flexibility index (Phi) is 5.51. The lowest BCUT2D eigenvalue weighted by Gasteiger charge is -2.38. The van der Waals surface area contributed by atoms with Crippen LogP contribution in [0.5, 0.6) is 0 Å². The van der Waals surface area contributed by atoms with Gasteiger partial charge in [-0.25, -0.2) is 0 Å². The second-order valence-corrected chi connectivity index (χ2v) is 7.07. The van der Waals surface area contributed by atoms with Crippen molar-refractivity contribution in [1.29, 1.82) is 0 Å². The first-order valence-electron chi connectivity index (χ1n) is 9.00. The van der Waals surface area contributed by atoms with Crippen molar-refractivity contribution in [3.63, 3.8) is 0 Å². The lowest BCUT2D eigenvalue weighted by Crippen LogP contribution is -2.51. The third kappa shape index (κ3) is 4.01. The van der Waals surface area contributed by atoms with Gasteiger partial charge in [-0.05, 0) is 50.5 Å². The van der Waals surface area contributed by atoms with Gasteiger partial charge in [-0.3, -0.25) is 19.4 Å². The summed E-state index contributed by atoms with van der Waals surface area (Å²) in [4.78, 5) is 41.8. The molecular weight excluding hydrogens is 336 g/mol. The Morgan fingerprint density at radius 3 is 2.69 bits per heavy atom. The Hall–Kier alpha value is -2.48. The summed E-state index contributed by atoms with van der Waals surface area (Å²) in [6.45, 7) is 0.545. The molecule has 0 aromatic carbocycles. The number of aromatic nitrogens is 1. The molecule has 1 aliphatic carbocycles. The molecule has 1 aromatic heterocycles. The highest BCUT2D eigenvalue weighted by Crippen LogP contribution is 2.35. The summed E-state index contributed by atoms with van der Waals surface area (Å²) in [6, 6.07) is 1.39. The quantitative estimate of drug-likeness (QED) is 0.683. The Morgan fingerprint density at radius 2 is 2.00 bits per heavy atom. The summed E-state index contributed by atoms with van der Waals surface area (Å²) in [5.41, 5.74) is 5.61. The van der Waals surface area contributed by atoms with Gasteiger partial charge < -0.3 is 21.1 Å². The number of nitrogens with two attached hydrogens (primary N) is 1. The summed E-state index contributed by atoms with van der Waals surface area (Å²) in [7, 11) is 0. The number of hydrogen-bond donors (Lipinski definition) is 3. The maximum atomic E-state index is 12.7. The van der Waals surface area contributed by atoms with Gasteiger partial charge in [0.2, 0.25) is 5.91 Å². The van der Waals surface area contributed by atoms with Crippen molar-refractivity contribution in [2.45, 2.75) is 50.7 Å². The molecule has 0 spiro atoms. The molecule has 0 radical (unpaired) electrons. The molecule has 2 fully saturated rings. The molecule has 4 N–H and O–H groups in total. The van der Waals surface area contributed by atoms with E-state index in [-0.39, 0.29) is 29.3 Å². The van der Waals surface area contributed by atoms with Crippen LogP contribution in [0.3, 0.4) is 0 Å². The summed E-state index contributed by atoms with van der Waals surface area (Å²) in [5, 5.41) is 12.3. The monoisotopic (exact) mass is 360 g/mol. The fourth-order valence-corrected chi connectivity index (χ4v) is 4.00. The highest BCUT2D eigenvalue weighted by Gasteiger charge is 2.38. The van der Waals surface area contributed by atoms with E-state index in [9.17, 15) is 19.5 Å². The number of piperidine rings is 1. The molecule has 26 heavy (non-hydrogen) atoms. The number of nitrogens with zero attached hydrogens (tertiary/aromatic N) is 2. The zero-order valence-corrected chi connectivity index (χ0v) is 14.6. The number of nitrogens with one attached hydrogen (secondary N) is 1. The fraction of sp³-hybridized carbons (Fsp3) is 0.556. The highest BCUT2D eigenvalue weighted by atomic mass is 16.3. The average molecular weight is 360 g/mol. The molecule has 0 bridgehead atoms. The van der Waals surface area contributed by atoms with Crippen molar-refractivity contribution >= 4 is 23.4 Å². The molecule has 2 unspecified atom stereocenters. The number of aliphatic hydroxyl groups excluding tert-OH is 1. The number of rotatable bonds is 3. The van der Waals surface area contributed by atoms with Crippen molar-refractivity contribution in [3.8, 4) is 0 Å². The van der Waals surface area contributed by atoms with E-state index in [1.807, 2.05) is 0 Å². The van der Waals surface area contributed by atoms with E-state index in [4.69, 9.17) is 5.73 Å². The van der Waals surface area contributed by atoms with Crippen LogP contribution in [-0.2, 0) is 9.59 Å². The largest absolute Gasteiger partial charge is 0.393 e. The second kappa shape index (κ2) is 7.82. The normalized spacial score (nSPS) is 25.7. The lowest BCUT2D eigenvalue weighted by molar-refractivity contribution is -0.146. The van der Waals surface area contributed by atoms with E-state index in [1.165, 1.54) is 18.5 Å². The van der Waals surface area contributed by atoms with Crippen LogP contribution in [0.15, 0.2) is 18.5 Å². The number of carbonyl (C=O) groups excluding carboxylic acids is 3. The molecule has 3 rings (SSSR count). The zero-order chi connectivity index (χ0) is 18.7. The Bertz CT molecular complexity index is 708. The fourth-order valence-electron chi connectivity index (χ4n) is 4.00. The molecule has 3 atom stereocenters. The zero-order valence-electron chi connectivity index (χ0n) is 14.6. The number of hydrogen-bond acceptors (Lipinski definition) is 5. The number of likely N-dealkylation sites (tertiary alicyclic amines) is 1. The summed E-state index contributed by atoms with van der Waals surface area (Å²) in [5.74, 6) is -1.75. The van der Waals surface area contributed by atoms with Gasteiger partial charge in [-0.1, -0.05) is 0 Å². The van der Waals surface area contributed by atoms with Crippen LogP contribution >= 0.6 is 0 Å². The van der Waals surface area contributed by atoms with Crippen molar-refractivity contribution in [3.05, 3.63) is 24.0 Å². The van der Waals surface area contributed by atoms with E-state index in [2.05, 4.69) is 10.3 Å². The third-order valence-electron chi connectivity index (χ3n) is 5.27. The summed E-state index contributed by atoms with van der Waals surface area (Å²) in [6.07, 6.45) is 7.40. The first-order valence-corrected chi connectivity index (χ1v) is 9.00. The van der Waals surface area contributed by atoms with Gasteiger partial charge in [0.1, 0.15) is 0 Å². The number of anilines is 1. The van der Waals surface area contributed by atoms with Crippen LogP contribution in [-0.4, -0.2) is 51.4 Å². The number of carbonyl (C=O) groups is 3. The number of primary amides is 1. The van der Waals surface area contributed by atoms with Gasteiger partial charge in [0.15, 0.2) is 0 Å². The SMILES string of the molecule is NC(=O)c1cncc(NC(=O)C(=O)N2CCCC[C@H]2C2CCC(O)C2)c1. The lowest BCUT2D eigenvalue weighted by atomic mass is 9.89. The van der Waals surface area contributed by atoms with Gasteiger partial charge in [-0.2, -0.15) is 0 Å². The smallest absolute Gasteiger partial charge is 0.313 e. The van der Waals surface area contributed by atoms with Crippen molar-refractivity contribution in [2.75, 3.05) is 11.9 Å². The van der Waals surface area contributed by atoms with E-state index in [0.717, 1.165) is 32.1 Å². The van der Waals surface area contributed by atoms with Crippen molar-refractivity contribution in [2.24, 2.45) is 11.7 Å². The van der Waals surface area contributed by atoms with Crippen LogP contribution in [0.4, 0.5) is 5.69 Å². The van der Waals surface area contributed by atoms with Gasteiger partial charge >= 0.3 is 11.8 Å². The first-order chi connectivity index (χ1) is 12.5. The van der Waals surface area contributed by atoms with E-state index < -0.39 is 17.7 Å². The van der Waals surface area contributed by atoms with Gasteiger partial charge in [0.05, 0.1) is 23.6 Å². The van der Waals surface area contributed by atoms with Gasteiger partial charge in [-0.15, -0.1) is 0 Å². The van der Waals surface area contributed by atoms with Crippen LogP contribution in [0.2, 0.25) is 0 Å². The topological polar surface area (TPSA) is 126 Å². The van der Waals surface area contributed by atoms with E-state index in [0.29, 0.717) is 13.0 Å². The molecule has 1 saturated carbocycles. The minimum absolute atomic E-state index is 0.00534. The molecule has 8 heteroatoms. The number of aliphatic hydroxyl groups is 1. The maximum absolute atomic E-state index is 12.7. The minimum Gasteiger partial charge on any atom is -0.393 e. The number of pyridine rings is 1. The molecular formula is C18H24N4O4. The molecule has 3 amide bonds. The molecule has 8 nitrogen and oxygen atoms in total. The molecule has 2 heterocycles. The number of amides is 3. The standard InChI is InChI=1S/C18H24N4O4/c19-16(24)12-7-13(10-20-9-12)21-17(25)18(26)22-6-2-1-3-15(22)11-4-5-14(23)8-11/h7,9-11,14-15,23H,1-6,8H2,(H2,19,24)(H,21,25)/t11?,14?,15-/m0/s1. The van der Waals surface area contributed by atoms with Crippen molar-refractivity contribution < 1.29 is 19.5 Å². The predicted molar refractivity (Wildman–Crippen MR) is 94.1 cm³/mol. The molecule has 1 aromatic rings. The average Bonchev–Trinajstić information content (AvgIpc) is 3.07. The first kappa shape index (κ1) is 18.3.